The van der Waals surface area contributed by atoms with E-state index in [0.29, 0.717) is 50.8 Å². The Hall–Kier alpha value is -3.19. The first-order valence-electron chi connectivity index (χ1n) is 9.60. The Labute approximate surface area is 170 Å². The number of carbonyl (C=O) groups excluding carboxylic acids is 1. The van der Waals surface area contributed by atoms with Crippen molar-refractivity contribution in [2.45, 2.75) is 25.8 Å². The van der Waals surface area contributed by atoms with Crippen LogP contribution in [0.3, 0.4) is 0 Å². The molecule has 0 aliphatic carbocycles. The van der Waals surface area contributed by atoms with Crippen molar-refractivity contribution in [1.82, 2.24) is 15.5 Å². The molecule has 152 valence electrons. The molecule has 3 rings (SSSR count). The van der Waals surface area contributed by atoms with E-state index in [9.17, 15) is 4.79 Å². The highest BCUT2D eigenvalue weighted by molar-refractivity contribution is 5.75. The van der Waals surface area contributed by atoms with Crippen LogP contribution in [0.5, 0.6) is 5.75 Å². The van der Waals surface area contributed by atoms with Crippen LogP contribution < -0.4 is 10.1 Å². The molecule has 7 heteroatoms. The Balaban J connectivity index is 1.38. The number of methoxy groups -OCH3 is 1. The zero-order valence-electron chi connectivity index (χ0n) is 16.5. The van der Waals surface area contributed by atoms with Crippen LogP contribution in [0.15, 0.2) is 59.0 Å². The van der Waals surface area contributed by atoms with Crippen molar-refractivity contribution in [3.05, 3.63) is 66.1 Å². The molecule has 7 nitrogen and oxygen atoms in total. The van der Waals surface area contributed by atoms with E-state index >= 15 is 0 Å². The van der Waals surface area contributed by atoms with Gasteiger partial charge in [-0.05, 0) is 36.2 Å². The average molecular weight is 395 g/mol. The molecular formula is C22H25N3O4. The second kappa shape index (κ2) is 11.0. The maximum atomic E-state index is 12.1. The van der Waals surface area contributed by atoms with E-state index in [1.54, 1.807) is 7.11 Å². The van der Waals surface area contributed by atoms with Gasteiger partial charge in [0, 0.05) is 32.1 Å². The van der Waals surface area contributed by atoms with Gasteiger partial charge >= 0.3 is 0 Å². The number of aromatic nitrogens is 2. The molecule has 3 aromatic rings. The fourth-order valence-electron chi connectivity index (χ4n) is 2.73. The molecule has 0 atom stereocenters. The SMILES string of the molecule is COCCOc1cccc(CNC(=O)CCCc2nnc(-c3ccccc3)o2)c1. The standard InChI is InChI=1S/C22H25N3O4/c1-27-13-14-28-19-10-5-7-17(15-19)16-23-20(26)11-6-12-21-24-25-22(29-21)18-8-3-2-4-9-18/h2-5,7-10,15H,6,11-14,16H2,1H3,(H,23,26). The lowest BCUT2D eigenvalue weighted by Gasteiger charge is -2.08. The summed E-state index contributed by atoms with van der Waals surface area (Å²) in [5, 5.41) is 11.0. The molecule has 1 aromatic heterocycles. The quantitative estimate of drug-likeness (QED) is 0.501. The summed E-state index contributed by atoms with van der Waals surface area (Å²) in [6.07, 6.45) is 1.60. The van der Waals surface area contributed by atoms with Crippen molar-refractivity contribution in [2.24, 2.45) is 0 Å². The summed E-state index contributed by atoms with van der Waals surface area (Å²) in [6, 6.07) is 17.3. The van der Waals surface area contributed by atoms with E-state index in [2.05, 4.69) is 15.5 Å². The summed E-state index contributed by atoms with van der Waals surface area (Å²) in [7, 11) is 1.63. The van der Waals surface area contributed by atoms with Gasteiger partial charge in [0.15, 0.2) is 0 Å². The molecule has 1 heterocycles. The summed E-state index contributed by atoms with van der Waals surface area (Å²) in [4.78, 5) is 12.1. The van der Waals surface area contributed by atoms with E-state index in [-0.39, 0.29) is 5.91 Å². The molecule has 0 unspecified atom stereocenters. The highest BCUT2D eigenvalue weighted by Gasteiger charge is 2.09. The molecule has 0 saturated carbocycles. The summed E-state index contributed by atoms with van der Waals surface area (Å²) < 4.78 is 16.2. The number of aryl methyl sites for hydroxylation is 1. The molecule has 0 radical (unpaired) electrons. The largest absolute Gasteiger partial charge is 0.491 e. The number of hydrogen-bond donors (Lipinski definition) is 1. The van der Waals surface area contributed by atoms with Crippen LogP contribution in [0.1, 0.15) is 24.3 Å². The fraction of sp³-hybridized carbons (Fsp3) is 0.318. The smallest absolute Gasteiger partial charge is 0.247 e. The third-order valence-electron chi connectivity index (χ3n) is 4.23. The predicted molar refractivity (Wildman–Crippen MR) is 108 cm³/mol. The molecule has 0 saturated heterocycles. The Morgan fingerprint density at radius 2 is 1.93 bits per heavy atom. The third kappa shape index (κ3) is 6.73. The molecule has 29 heavy (non-hydrogen) atoms. The van der Waals surface area contributed by atoms with Gasteiger partial charge in [0.25, 0.3) is 0 Å². The maximum absolute atomic E-state index is 12.1. The summed E-state index contributed by atoms with van der Waals surface area (Å²) >= 11 is 0. The number of hydrogen-bond acceptors (Lipinski definition) is 6. The fourth-order valence-corrected chi connectivity index (χ4v) is 2.73. The maximum Gasteiger partial charge on any atom is 0.247 e. The van der Waals surface area contributed by atoms with Crippen LogP contribution in [-0.4, -0.2) is 36.4 Å². The van der Waals surface area contributed by atoms with E-state index in [1.807, 2.05) is 54.6 Å². The number of amides is 1. The zero-order chi connectivity index (χ0) is 20.3. The third-order valence-corrected chi connectivity index (χ3v) is 4.23. The van der Waals surface area contributed by atoms with Crippen LogP contribution in [-0.2, 0) is 22.5 Å². The van der Waals surface area contributed by atoms with Gasteiger partial charge in [0.1, 0.15) is 12.4 Å². The number of nitrogens with zero attached hydrogens (tertiary/aromatic N) is 2. The number of nitrogens with one attached hydrogen (secondary N) is 1. The van der Waals surface area contributed by atoms with Crippen LogP contribution in [0.2, 0.25) is 0 Å². The van der Waals surface area contributed by atoms with Gasteiger partial charge in [-0.1, -0.05) is 30.3 Å². The second-order valence-corrected chi connectivity index (χ2v) is 6.49. The zero-order valence-corrected chi connectivity index (χ0v) is 16.5. The van der Waals surface area contributed by atoms with Gasteiger partial charge in [-0.2, -0.15) is 0 Å². The first kappa shape index (κ1) is 20.5. The summed E-state index contributed by atoms with van der Waals surface area (Å²) in [5.74, 6) is 1.79. The molecule has 2 aromatic carbocycles. The molecule has 0 spiro atoms. The minimum absolute atomic E-state index is 0.0153. The van der Waals surface area contributed by atoms with Gasteiger partial charge in [-0.25, -0.2) is 0 Å². The minimum atomic E-state index is -0.0153. The van der Waals surface area contributed by atoms with Crippen molar-refractivity contribution in [2.75, 3.05) is 20.3 Å². The number of carbonyl (C=O) groups is 1. The highest BCUT2D eigenvalue weighted by atomic mass is 16.5. The topological polar surface area (TPSA) is 86.5 Å². The van der Waals surface area contributed by atoms with Gasteiger partial charge in [0.2, 0.25) is 17.7 Å². The first-order valence-corrected chi connectivity index (χ1v) is 9.60. The summed E-state index contributed by atoms with van der Waals surface area (Å²) in [5.41, 5.74) is 1.87. The number of ether oxygens (including phenoxy) is 2. The van der Waals surface area contributed by atoms with Crippen LogP contribution in [0.25, 0.3) is 11.5 Å². The molecule has 1 amide bonds. The monoisotopic (exact) mass is 395 g/mol. The average Bonchev–Trinajstić information content (AvgIpc) is 3.22. The second-order valence-electron chi connectivity index (χ2n) is 6.49. The van der Waals surface area contributed by atoms with Gasteiger partial charge in [-0.3, -0.25) is 4.79 Å². The molecule has 0 bridgehead atoms. The lowest BCUT2D eigenvalue weighted by molar-refractivity contribution is -0.121. The Morgan fingerprint density at radius 3 is 2.76 bits per heavy atom. The lowest BCUT2D eigenvalue weighted by Crippen LogP contribution is -2.22. The van der Waals surface area contributed by atoms with Crippen molar-refractivity contribution >= 4 is 5.91 Å². The Kier molecular flexibility index (Phi) is 7.77. The van der Waals surface area contributed by atoms with Crippen molar-refractivity contribution in [1.29, 1.82) is 0 Å². The van der Waals surface area contributed by atoms with Crippen LogP contribution in [0.4, 0.5) is 0 Å². The molecule has 0 fully saturated rings. The highest BCUT2D eigenvalue weighted by Crippen LogP contribution is 2.18. The lowest BCUT2D eigenvalue weighted by atomic mass is 10.2. The van der Waals surface area contributed by atoms with E-state index in [1.165, 1.54) is 0 Å². The molecule has 0 aliphatic rings. The van der Waals surface area contributed by atoms with Gasteiger partial charge < -0.3 is 19.2 Å². The Morgan fingerprint density at radius 1 is 1.07 bits per heavy atom. The first-order chi connectivity index (χ1) is 14.2. The van der Waals surface area contributed by atoms with Crippen molar-refractivity contribution < 1.29 is 18.7 Å². The van der Waals surface area contributed by atoms with E-state index in [0.717, 1.165) is 16.9 Å². The molecule has 0 aliphatic heterocycles. The molecular weight excluding hydrogens is 370 g/mol. The van der Waals surface area contributed by atoms with Crippen molar-refractivity contribution in [3.63, 3.8) is 0 Å². The van der Waals surface area contributed by atoms with Gasteiger partial charge in [-0.15, -0.1) is 10.2 Å². The summed E-state index contributed by atoms with van der Waals surface area (Å²) in [6.45, 7) is 1.49. The normalized spacial score (nSPS) is 10.7. The number of benzene rings is 2. The number of rotatable bonds is 11. The van der Waals surface area contributed by atoms with Crippen molar-refractivity contribution in [3.8, 4) is 17.2 Å². The van der Waals surface area contributed by atoms with Gasteiger partial charge in [0.05, 0.1) is 6.61 Å². The van der Waals surface area contributed by atoms with E-state index in [4.69, 9.17) is 13.9 Å². The van der Waals surface area contributed by atoms with Crippen LogP contribution in [0, 0.1) is 0 Å². The van der Waals surface area contributed by atoms with E-state index < -0.39 is 0 Å². The predicted octanol–water partition coefficient (Wildman–Crippen LogP) is 3.40. The minimum Gasteiger partial charge on any atom is -0.491 e. The molecule has 1 N–H and O–H groups in total. The Bertz CT molecular complexity index is 896. The van der Waals surface area contributed by atoms with Crippen LogP contribution >= 0.6 is 0 Å².